The highest BCUT2D eigenvalue weighted by Gasteiger charge is 2.39. The van der Waals surface area contributed by atoms with Crippen molar-refractivity contribution in [3.63, 3.8) is 0 Å². The van der Waals surface area contributed by atoms with Gasteiger partial charge in [0, 0.05) is 6.54 Å². The fourth-order valence-corrected chi connectivity index (χ4v) is 2.90. The number of hydrogen-bond acceptors (Lipinski definition) is 5. The Morgan fingerprint density at radius 3 is 2.57 bits per heavy atom. The van der Waals surface area contributed by atoms with E-state index in [1.807, 2.05) is 32.0 Å². The molecule has 0 radical (unpaired) electrons. The number of nitrogens with zero attached hydrogens (tertiary/aromatic N) is 1. The number of benzene rings is 1. The zero-order valence-corrected chi connectivity index (χ0v) is 13.7. The maximum Gasteiger partial charge on any atom is 0.331 e. The summed E-state index contributed by atoms with van der Waals surface area (Å²) in [4.78, 5) is 25.7. The summed E-state index contributed by atoms with van der Waals surface area (Å²) in [7, 11) is 1.25. The van der Waals surface area contributed by atoms with Gasteiger partial charge in [0.2, 0.25) is 0 Å². The number of likely N-dealkylation sites (tertiary alicyclic amines) is 1. The SMILES string of the molecule is COC(=O)C1C(O)CCCN1C(=O)COc1c(C)cccc1C. The Morgan fingerprint density at radius 1 is 1.30 bits per heavy atom. The molecular weight excluding hydrogens is 298 g/mol. The molecule has 1 aliphatic heterocycles. The molecule has 23 heavy (non-hydrogen) atoms. The van der Waals surface area contributed by atoms with Crippen LogP contribution in [-0.4, -0.2) is 54.3 Å². The summed E-state index contributed by atoms with van der Waals surface area (Å²) in [6.45, 7) is 4.06. The first-order chi connectivity index (χ1) is 11.0. The van der Waals surface area contributed by atoms with E-state index in [4.69, 9.17) is 9.47 Å². The van der Waals surface area contributed by atoms with Gasteiger partial charge in [-0.2, -0.15) is 0 Å². The van der Waals surface area contributed by atoms with Crippen molar-refractivity contribution in [2.24, 2.45) is 0 Å². The number of amides is 1. The maximum absolute atomic E-state index is 12.5. The van der Waals surface area contributed by atoms with Crippen LogP contribution >= 0.6 is 0 Å². The Kier molecular flexibility index (Phi) is 5.60. The van der Waals surface area contributed by atoms with E-state index >= 15 is 0 Å². The lowest BCUT2D eigenvalue weighted by Crippen LogP contribution is -2.56. The lowest BCUT2D eigenvalue weighted by atomic mass is 9.99. The van der Waals surface area contributed by atoms with Gasteiger partial charge in [-0.15, -0.1) is 0 Å². The number of aliphatic hydroxyl groups excluding tert-OH is 1. The lowest BCUT2D eigenvalue weighted by molar-refractivity contribution is -0.161. The number of carbonyl (C=O) groups is 2. The Morgan fingerprint density at radius 2 is 1.96 bits per heavy atom. The lowest BCUT2D eigenvalue weighted by Gasteiger charge is -2.37. The van der Waals surface area contributed by atoms with Crippen LogP contribution in [0.3, 0.4) is 0 Å². The zero-order chi connectivity index (χ0) is 17.0. The molecule has 2 unspecified atom stereocenters. The Balaban J connectivity index is 2.08. The second-order valence-electron chi connectivity index (χ2n) is 5.77. The molecule has 2 atom stereocenters. The normalized spacial score (nSPS) is 21.0. The molecule has 2 rings (SSSR count). The summed E-state index contributed by atoms with van der Waals surface area (Å²) in [6, 6.07) is 4.79. The zero-order valence-electron chi connectivity index (χ0n) is 13.7. The van der Waals surface area contributed by atoms with Crippen molar-refractivity contribution < 1.29 is 24.2 Å². The average Bonchev–Trinajstić information content (AvgIpc) is 2.53. The van der Waals surface area contributed by atoms with Crippen molar-refractivity contribution in [2.45, 2.75) is 38.8 Å². The highest BCUT2D eigenvalue weighted by Crippen LogP contribution is 2.23. The number of aryl methyl sites for hydroxylation is 2. The first kappa shape index (κ1) is 17.3. The molecule has 1 heterocycles. The van der Waals surface area contributed by atoms with Crippen molar-refractivity contribution in [1.82, 2.24) is 4.90 Å². The van der Waals surface area contributed by atoms with Crippen LogP contribution in [0.25, 0.3) is 0 Å². The largest absolute Gasteiger partial charge is 0.483 e. The van der Waals surface area contributed by atoms with Gasteiger partial charge in [-0.05, 0) is 37.8 Å². The molecule has 0 saturated carbocycles. The third-order valence-corrected chi connectivity index (χ3v) is 4.11. The molecule has 1 aromatic rings. The van der Waals surface area contributed by atoms with E-state index in [2.05, 4.69) is 0 Å². The molecule has 1 saturated heterocycles. The van der Waals surface area contributed by atoms with E-state index in [-0.39, 0.29) is 12.5 Å². The van der Waals surface area contributed by atoms with E-state index in [0.29, 0.717) is 25.1 Å². The molecule has 126 valence electrons. The minimum atomic E-state index is -0.956. The van der Waals surface area contributed by atoms with Crippen molar-refractivity contribution in [3.05, 3.63) is 29.3 Å². The van der Waals surface area contributed by atoms with Gasteiger partial charge in [-0.3, -0.25) is 4.79 Å². The number of para-hydroxylation sites is 1. The van der Waals surface area contributed by atoms with Gasteiger partial charge < -0.3 is 19.5 Å². The number of aliphatic hydroxyl groups is 1. The molecule has 0 aliphatic carbocycles. The van der Waals surface area contributed by atoms with Crippen LogP contribution < -0.4 is 4.74 Å². The predicted octanol–water partition coefficient (Wildman–Crippen LogP) is 1.21. The second-order valence-corrected chi connectivity index (χ2v) is 5.77. The number of ether oxygens (including phenoxy) is 2. The van der Waals surface area contributed by atoms with Gasteiger partial charge >= 0.3 is 5.97 Å². The highest BCUT2D eigenvalue weighted by atomic mass is 16.5. The minimum Gasteiger partial charge on any atom is -0.483 e. The number of rotatable bonds is 4. The van der Waals surface area contributed by atoms with Gasteiger partial charge in [0.05, 0.1) is 13.2 Å². The number of methoxy groups -OCH3 is 1. The van der Waals surface area contributed by atoms with Crippen LogP contribution in [-0.2, 0) is 14.3 Å². The summed E-state index contributed by atoms with van der Waals surface area (Å²) < 4.78 is 10.4. The predicted molar refractivity (Wildman–Crippen MR) is 84.2 cm³/mol. The van der Waals surface area contributed by atoms with E-state index in [0.717, 1.165) is 11.1 Å². The molecule has 1 aliphatic rings. The second kappa shape index (κ2) is 7.46. The summed E-state index contributed by atoms with van der Waals surface area (Å²) in [6.07, 6.45) is 0.214. The van der Waals surface area contributed by atoms with Crippen LogP contribution in [0.2, 0.25) is 0 Å². The van der Waals surface area contributed by atoms with Gasteiger partial charge in [-0.1, -0.05) is 18.2 Å². The quantitative estimate of drug-likeness (QED) is 0.844. The molecule has 6 nitrogen and oxygen atoms in total. The fraction of sp³-hybridized carbons (Fsp3) is 0.529. The van der Waals surface area contributed by atoms with Crippen molar-refractivity contribution in [2.75, 3.05) is 20.3 Å². The molecule has 6 heteroatoms. The molecular formula is C17H23NO5. The van der Waals surface area contributed by atoms with Crippen LogP contribution in [0.15, 0.2) is 18.2 Å². The van der Waals surface area contributed by atoms with Crippen molar-refractivity contribution in [1.29, 1.82) is 0 Å². The molecule has 1 N–H and O–H groups in total. The number of esters is 1. The monoisotopic (exact) mass is 321 g/mol. The highest BCUT2D eigenvalue weighted by molar-refractivity contribution is 5.86. The summed E-state index contributed by atoms with van der Waals surface area (Å²) in [5.74, 6) is -0.257. The number of piperidine rings is 1. The van der Waals surface area contributed by atoms with E-state index in [1.54, 1.807) is 0 Å². The molecule has 1 fully saturated rings. The van der Waals surface area contributed by atoms with E-state index in [1.165, 1.54) is 12.0 Å². The number of hydrogen-bond donors (Lipinski definition) is 1. The van der Waals surface area contributed by atoms with E-state index < -0.39 is 18.1 Å². The van der Waals surface area contributed by atoms with Crippen molar-refractivity contribution >= 4 is 11.9 Å². The fourth-order valence-electron chi connectivity index (χ4n) is 2.90. The van der Waals surface area contributed by atoms with Gasteiger partial charge in [0.1, 0.15) is 5.75 Å². The van der Waals surface area contributed by atoms with Crippen LogP contribution in [0.5, 0.6) is 5.75 Å². The Labute approximate surface area is 136 Å². The third kappa shape index (κ3) is 3.82. The van der Waals surface area contributed by atoms with Crippen LogP contribution in [0, 0.1) is 13.8 Å². The summed E-state index contributed by atoms with van der Waals surface area (Å²) in [5.41, 5.74) is 1.89. The van der Waals surface area contributed by atoms with Crippen LogP contribution in [0.1, 0.15) is 24.0 Å². The maximum atomic E-state index is 12.5. The molecule has 1 amide bonds. The number of carbonyl (C=O) groups excluding carboxylic acids is 2. The first-order valence-corrected chi connectivity index (χ1v) is 7.70. The molecule has 1 aromatic carbocycles. The average molecular weight is 321 g/mol. The molecule has 0 aromatic heterocycles. The van der Waals surface area contributed by atoms with Crippen LogP contribution in [0.4, 0.5) is 0 Å². The summed E-state index contributed by atoms with van der Waals surface area (Å²) in [5, 5.41) is 10.0. The van der Waals surface area contributed by atoms with E-state index in [9.17, 15) is 14.7 Å². The Bertz CT molecular complexity index is 566. The van der Waals surface area contributed by atoms with Crippen molar-refractivity contribution in [3.8, 4) is 5.75 Å². The Hall–Kier alpha value is -2.08. The topological polar surface area (TPSA) is 76.1 Å². The third-order valence-electron chi connectivity index (χ3n) is 4.11. The van der Waals surface area contributed by atoms with Gasteiger partial charge in [0.25, 0.3) is 5.91 Å². The first-order valence-electron chi connectivity index (χ1n) is 7.70. The van der Waals surface area contributed by atoms with Gasteiger partial charge in [0.15, 0.2) is 12.6 Å². The smallest absolute Gasteiger partial charge is 0.331 e. The minimum absolute atomic E-state index is 0.175. The molecule has 0 bridgehead atoms. The molecule has 0 spiro atoms. The summed E-state index contributed by atoms with van der Waals surface area (Å²) >= 11 is 0. The van der Waals surface area contributed by atoms with Gasteiger partial charge in [-0.25, -0.2) is 4.79 Å². The standard InChI is InChI=1S/C17H23NO5/c1-11-6-4-7-12(2)16(11)23-10-14(20)18-9-5-8-13(19)15(18)17(21)22-3/h4,6-7,13,15,19H,5,8-10H2,1-3H3.